The zero-order chi connectivity index (χ0) is 14.7. The maximum atomic E-state index is 12.1. The summed E-state index contributed by atoms with van der Waals surface area (Å²) in [6, 6.07) is 4.94. The Morgan fingerprint density at radius 3 is 2.90 bits per heavy atom. The summed E-state index contributed by atoms with van der Waals surface area (Å²) >= 11 is 10.4. The molecular weight excluding hydrogens is 368 g/mol. The first-order chi connectivity index (χ1) is 9.45. The zero-order valence-corrected chi connectivity index (χ0v) is 13.1. The lowest BCUT2D eigenvalue weighted by Crippen LogP contribution is -2.12. The highest BCUT2D eigenvalue weighted by molar-refractivity contribution is 9.10. The number of anilines is 1. The van der Waals surface area contributed by atoms with Crippen molar-refractivity contribution in [1.82, 2.24) is 4.98 Å². The highest BCUT2D eigenvalue weighted by Gasteiger charge is 2.13. The Bertz CT molecular complexity index is 674. The monoisotopic (exact) mass is 374 g/mol. The van der Waals surface area contributed by atoms with E-state index in [2.05, 4.69) is 26.2 Å². The van der Waals surface area contributed by atoms with E-state index in [1.54, 1.807) is 23.6 Å². The summed E-state index contributed by atoms with van der Waals surface area (Å²) in [7, 11) is 0. The largest absolute Gasteiger partial charge is 0.481 e. The van der Waals surface area contributed by atoms with Gasteiger partial charge in [0.2, 0.25) is 0 Å². The van der Waals surface area contributed by atoms with Gasteiger partial charge >= 0.3 is 5.97 Å². The van der Waals surface area contributed by atoms with Crippen molar-refractivity contribution < 1.29 is 14.7 Å². The number of benzene rings is 1. The number of amides is 1. The smallest absolute Gasteiger partial charge is 0.309 e. The molecule has 0 aliphatic heterocycles. The molecule has 0 saturated carbocycles. The van der Waals surface area contributed by atoms with E-state index >= 15 is 0 Å². The maximum absolute atomic E-state index is 12.1. The van der Waals surface area contributed by atoms with Crippen molar-refractivity contribution >= 4 is 55.9 Å². The molecular formula is C12H8BrClN2O3S. The van der Waals surface area contributed by atoms with Crippen LogP contribution < -0.4 is 5.32 Å². The van der Waals surface area contributed by atoms with Crippen molar-refractivity contribution in [3.8, 4) is 0 Å². The number of aliphatic carboxylic acids is 1. The summed E-state index contributed by atoms with van der Waals surface area (Å²) in [5.41, 5.74) is 0.717. The SMILES string of the molecule is O=C(O)Cc1csc(NC(=O)c2cc(Br)ccc2Cl)n1. The summed E-state index contributed by atoms with van der Waals surface area (Å²) < 4.78 is 0.734. The number of carboxylic acids is 1. The summed E-state index contributed by atoms with van der Waals surface area (Å²) in [4.78, 5) is 26.6. The first kappa shape index (κ1) is 15.0. The van der Waals surface area contributed by atoms with Gasteiger partial charge in [-0.25, -0.2) is 4.98 Å². The van der Waals surface area contributed by atoms with E-state index < -0.39 is 11.9 Å². The number of thiazole rings is 1. The predicted octanol–water partition coefficient (Wildman–Crippen LogP) is 3.44. The molecule has 2 aromatic rings. The van der Waals surface area contributed by atoms with Crippen LogP contribution in [-0.4, -0.2) is 22.0 Å². The summed E-state index contributed by atoms with van der Waals surface area (Å²) in [6.45, 7) is 0. The van der Waals surface area contributed by atoms with Gasteiger partial charge < -0.3 is 5.11 Å². The molecule has 20 heavy (non-hydrogen) atoms. The Balaban J connectivity index is 2.13. The number of carboxylic acid groups (broad SMARTS) is 1. The molecule has 1 aromatic carbocycles. The van der Waals surface area contributed by atoms with Gasteiger partial charge in [0.25, 0.3) is 5.91 Å². The highest BCUT2D eigenvalue weighted by Crippen LogP contribution is 2.23. The number of hydrogen-bond acceptors (Lipinski definition) is 4. The molecule has 1 amide bonds. The number of hydrogen-bond donors (Lipinski definition) is 2. The summed E-state index contributed by atoms with van der Waals surface area (Å²) in [6.07, 6.45) is -0.177. The molecule has 0 fully saturated rings. The van der Waals surface area contributed by atoms with Crippen LogP contribution in [0.15, 0.2) is 28.1 Å². The molecule has 1 aromatic heterocycles. The van der Waals surface area contributed by atoms with Gasteiger partial charge in [0.05, 0.1) is 22.7 Å². The van der Waals surface area contributed by atoms with Crippen LogP contribution >= 0.6 is 38.9 Å². The highest BCUT2D eigenvalue weighted by atomic mass is 79.9. The van der Waals surface area contributed by atoms with E-state index in [1.807, 2.05) is 0 Å². The van der Waals surface area contributed by atoms with Crippen LogP contribution in [0.2, 0.25) is 5.02 Å². The minimum atomic E-state index is -0.969. The first-order valence-corrected chi connectivity index (χ1v) is 7.43. The van der Waals surface area contributed by atoms with Gasteiger partial charge in [-0.05, 0) is 18.2 Å². The number of halogens is 2. The summed E-state index contributed by atoms with van der Waals surface area (Å²) in [5.74, 6) is -1.37. The Kier molecular flexibility index (Phi) is 4.74. The maximum Gasteiger partial charge on any atom is 0.309 e. The van der Waals surface area contributed by atoms with E-state index in [0.29, 0.717) is 21.4 Å². The van der Waals surface area contributed by atoms with Gasteiger partial charge in [-0.2, -0.15) is 0 Å². The molecule has 0 saturated heterocycles. The molecule has 2 N–H and O–H groups in total. The van der Waals surface area contributed by atoms with Gasteiger partial charge in [-0.15, -0.1) is 11.3 Å². The number of carbonyl (C=O) groups is 2. The Labute approximate surface area is 131 Å². The average molecular weight is 376 g/mol. The Hall–Kier alpha value is -1.44. The second-order valence-electron chi connectivity index (χ2n) is 3.79. The van der Waals surface area contributed by atoms with E-state index in [9.17, 15) is 9.59 Å². The van der Waals surface area contributed by atoms with Crippen LogP contribution in [0.5, 0.6) is 0 Å². The Morgan fingerprint density at radius 2 is 2.20 bits per heavy atom. The lowest BCUT2D eigenvalue weighted by Gasteiger charge is -2.04. The third kappa shape index (κ3) is 3.78. The third-order valence-corrected chi connectivity index (χ3v) is 3.91. The molecule has 0 bridgehead atoms. The molecule has 0 atom stereocenters. The molecule has 8 heteroatoms. The van der Waals surface area contributed by atoms with Crippen LogP contribution in [0.4, 0.5) is 5.13 Å². The van der Waals surface area contributed by atoms with Crippen molar-refractivity contribution in [2.24, 2.45) is 0 Å². The lowest BCUT2D eigenvalue weighted by molar-refractivity contribution is -0.136. The number of nitrogens with zero attached hydrogens (tertiary/aromatic N) is 1. The van der Waals surface area contributed by atoms with E-state index in [4.69, 9.17) is 16.7 Å². The standard InChI is InChI=1S/C12H8BrClN2O3S/c13-6-1-2-9(14)8(3-6)11(19)16-12-15-7(5-20-12)4-10(17)18/h1-3,5H,4H2,(H,17,18)(H,15,16,19). The third-order valence-electron chi connectivity index (χ3n) is 2.28. The van der Waals surface area contributed by atoms with Crippen molar-refractivity contribution in [1.29, 1.82) is 0 Å². The predicted molar refractivity (Wildman–Crippen MR) is 80.6 cm³/mol. The van der Waals surface area contributed by atoms with Crippen LogP contribution in [0.3, 0.4) is 0 Å². The van der Waals surface area contributed by atoms with Crippen LogP contribution in [0.1, 0.15) is 16.1 Å². The second kappa shape index (κ2) is 6.34. The quantitative estimate of drug-likeness (QED) is 0.858. The van der Waals surface area contributed by atoms with Gasteiger partial charge in [0.1, 0.15) is 0 Å². The van der Waals surface area contributed by atoms with Crippen LogP contribution in [-0.2, 0) is 11.2 Å². The van der Waals surface area contributed by atoms with Crippen molar-refractivity contribution in [2.75, 3.05) is 5.32 Å². The Morgan fingerprint density at radius 1 is 1.45 bits per heavy atom. The molecule has 104 valence electrons. The van der Waals surface area contributed by atoms with Gasteiger partial charge in [-0.3, -0.25) is 14.9 Å². The van der Waals surface area contributed by atoms with Gasteiger partial charge in [0.15, 0.2) is 5.13 Å². The topological polar surface area (TPSA) is 79.3 Å². The number of nitrogens with one attached hydrogen (secondary N) is 1. The van der Waals surface area contributed by atoms with Crippen LogP contribution in [0, 0.1) is 0 Å². The fourth-order valence-corrected chi connectivity index (χ4v) is 2.71. The van der Waals surface area contributed by atoms with E-state index in [1.165, 1.54) is 0 Å². The molecule has 0 spiro atoms. The van der Waals surface area contributed by atoms with Crippen molar-refractivity contribution in [3.05, 3.63) is 44.3 Å². The zero-order valence-electron chi connectivity index (χ0n) is 9.89. The number of carbonyl (C=O) groups excluding carboxylic acids is 1. The van der Waals surface area contributed by atoms with Gasteiger partial charge in [-0.1, -0.05) is 27.5 Å². The van der Waals surface area contributed by atoms with E-state index in [0.717, 1.165) is 15.8 Å². The van der Waals surface area contributed by atoms with E-state index in [-0.39, 0.29) is 6.42 Å². The number of rotatable bonds is 4. The first-order valence-electron chi connectivity index (χ1n) is 5.38. The fraction of sp³-hybridized carbons (Fsp3) is 0.0833. The molecule has 5 nitrogen and oxygen atoms in total. The van der Waals surface area contributed by atoms with Crippen molar-refractivity contribution in [2.45, 2.75) is 6.42 Å². The molecule has 0 radical (unpaired) electrons. The molecule has 0 aliphatic rings. The minimum Gasteiger partial charge on any atom is -0.481 e. The fourth-order valence-electron chi connectivity index (χ4n) is 1.44. The average Bonchev–Trinajstić information content (AvgIpc) is 2.78. The number of aromatic nitrogens is 1. The summed E-state index contributed by atoms with van der Waals surface area (Å²) in [5, 5.41) is 13.5. The molecule has 2 rings (SSSR count). The molecule has 1 heterocycles. The van der Waals surface area contributed by atoms with Crippen molar-refractivity contribution in [3.63, 3.8) is 0 Å². The molecule has 0 aliphatic carbocycles. The molecule has 0 unspecified atom stereocenters. The normalized spacial score (nSPS) is 10.3. The van der Waals surface area contributed by atoms with Crippen LogP contribution in [0.25, 0.3) is 0 Å². The minimum absolute atomic E-state index is 0.177. The van der Waals surface area contributed by atoms with Gasteiger partial charge in [0, 0.05) is 9.85 Å². The lowest BCUT2D eigenvalue weighted by atomic mass is 10.2. The second-order valence-corrected chi connectivity index (χ2v) is 5.97.